The summed E-state index contributed by atoms with van der Waals surface area (Å²) in [4.78, 5) is 4.62. The highest BCUT2D eigenvalue weighted by Crippen LogP contribution is 2.29. The highest BCUT2D eigenvalue weighted by molar-refractivity contribution is 5.85. The van der Waals surface area contributed by atoms with Crippen LogP contribution in [0.2, 0.25) is 0 Å². The molecule has 25 heavy (non-hydrogen) atoms. The normalized spacial score (nSPS) is 16.6. The van der Waals surface area contributed by atoms with E-state index in [2.05, 4.69) is 32.2 Å². The third-order valence-electron chi connectivity index (χ3n) is 4.25. The number of alkyl halides is 3. The number of nitrogens with zero attached hydrogens (tertiary/aromatic N) is 6. The minimum Gasteiger partial charge on any atom is -0.301 e. The molecule has 0 aliphatic carbocycles. The molecule has 2 heterocycles. The third-order valence-corrected chi connectivity index (χ3v) is 4.25. The smallest absolute Gasteiger partial charge is 0.301 e. The maximum Gasteiger partial charge on any atom is 0.416 e. The first-order chi connectivity index (χ1) is 11.5. The zero-order valence-electron chi connectivity index (χ0n) is 13.8. The van der Waals surface area contributed by atoms with Crippen LogP contribution in [0.15, 0.2) is 24.3 Å². The van der Waals surface area contributed by atoms with E-state index in [-0.39, 0.29) is 12.4 Å². The Balaban J connectivity index is 0.00000225. The van der Waals surface area contributed by atoms with E-state index in [1.54, 1.807) is 0 Å². The first-order valence-electron chi connectivity index (χ1n) is 7.87. The molecule has 6 nitrogen and oxygen atoms in total. The summed E-state index contributed by atoms with van der Waals surface area (Å²) >= 11 is 0. The zero-order valence-corrected chi connectivity index (χ0v) is 14.6. The minimum atomic E-state index is -4.35. The highest BCUT2D eigenvalue weighted by atomic mass is 35.5. The Hall–Kier alpha value is -1.71. The van der Waals surface area contributed by atoms with E-state index in [9.17, 15) is 13.2 Å². The van der Waals surface area contributed by atoms with Crippen LogP contribution in [-0.4, -0.2) is 62.7 Å². The summed E-state index contributed by atoms with van der Waals surface area (Å²) in [6.45, 7) is 7.60. The standard InChI is InChI=1S/C15H19F3N6.ClH/c1-2-22-7-9-23(10-8-22)11-14-19-20-21-24(14)13-5-3-12(4-6-13)15(16,17)18;/h3-6H,2,7-11H2,1H3;1H. The van der Waals surface area contributed by atoms with Crippen LogP contribution in [0, 0.1) is 0 Å². The van der Waals surface area contributed by atoms with Gasteiger partial charge in [-0.2, -0.15) is 17.9 Å². The van der Waals surface area contributed by atoms with Gasteiger partial charge in [0.1, 0.15) is 0 Å². The fourth-order valence-corrected chi connectivity index (χ4v) is 2.76. The van der Waals surface area contributed by atoms with Crippen LogP contribution < -0.4 is 0 Å². The second kappa shape index (κ2) is 8.11. The van der Waals surface area contributed by atoms with Crippen molar-refractivity contribution in [2.75, 3.05) is 32.7 Å². The first-order valence-corrected chi connectivity index (χ1v) is 7.87. The monoisotopic (exact) mass is 376 g/mol. The van der Waals surface area contributed by atoms with Gasteiger partial charge < -0.3 is 4.90 Å². The molecule has 0 amide bonds. The number of likely N-dealkylation sites (N-methyl/N-ethyl adjacent to an activating group) is 1. The van der Waals surface area contributed by atoms with E-state index in [1.807, 2.05) is 0 Å². The Morgan fingerprint density at radius 2 is 1.60 bits per heavy atom. The molecular weight excluding hydrogens is 357 g/mol. The van der Waals surface area contributed by atoms with Gasteiger partial charge in [-0.1, -0.05) is 6.92 Å². The van der Waals surface area contributed by atoms with E-state index in [4.69, 9.17) is 0 Å². The molecule has 0 radical (unpaired) electrons. The molecule has 0 bridgehead atoms. The van der Waals surface area contributed by atoms with Gasteiger partial charge in [-0.15, -0.1) is 17.5 Å². The van der Waals surface area contributed by atoms with Crippen LogP contribution in [-0.2, 0) is 12.7 Å². The molecule has 0 saturated carbocycles. The van der Waals surface area contributed by atoms with Gasteiger partial charge in [0, 0.05) is 26.2 Å². The summed E-state index contributed by atoms with van der Waals surface area (Å²) in [6.07, 6.45) is -4.35. The van der Waals surface area contributed by atoms with E-state index in [1.165, 1.54) is 16.8 Å². The van der Waals surface area contributed by atoms with Gasteiger partial charge in [0.25, 0.3) is 0 Å². The molecule has 10 heteroatoms. The van der Waals surface area contributed by atoms with Gasteiger partial charge in [0.05, 0.1) is 17.8 Å². The molecule has 1 aromatic carbocycles. The fourth-order valence-electron chi connectivity index (χ4n) is 2.76. The summed E-state index contributed by atoms with van der Waals surface area (Å²) in [6, 6.07) is 4.86. The van der Waals surface area contributed by atoms with E-state index >= 15 is 0 Å². The van der Waals surface area contributed by atoms with Gasteiger partial charge in [0.2, 0.25) is 0 Å². The number of tetrazole rings is 1. The Morgan fingerprint density at radius 3 is 2.16 bits per heavy atom. The number of hydrogen-bond acceptors (Lipinski definition) is 5. The summed E-state index contributed by atoms with van der Waals surface area (Å²) < 4.78 is 39.5. The first kappa shape index (κ1) is 19.6. The molecule has 0 atom stereocenters. The summed E-state index contributed by atoms with van der Waals surface area (Å²) in [5.74, 6) is 0.625. The van der Waals surface area contributed by atoms with Gasteiger partial charge in [-0.05, 0) is 41.2 Å². The summed E-state index contributed by atoms with van der Waals surface area (Å²) in [7, 11) is 0. The fraction of sp³-hybridized carbons (Fsp3) is 0.533. The molecule has 0 N–H and O–H groups in total. The molecule has 1 aliphatic rings. The molecule has 1 aliphatic heterocycles. The Bertz CT molecular complexity index is 665. The molecule has 3 rings (SSSR count). The molecule has 0 unspecified atom stereocenters. The van der Waals surface area contributed by atoms with Crippen LogP contribution in [0.1, 0.15) is 18.3 Å². The van der Waals surface area contributed by atoms with Crippen molar-refractivity contribution in [3.63, 3.8) is 0 Å². The Morgan fingerprint density at radius 1 is 1.00 bits per heavy atom. The second-order valence-electron chi connectivity index (χ2n) is 5.76. The van der Waals surface area contributed by atoms with E-state index < -0.39 is 11.7 Å². The number of hydrogen-bond donors (Lipinski definition) is 0. The van der Waals surface area contributed by atoms with Crippen LogP contribution in [0.3, 0.4) is 0 Å². The maximum atomic E-state index is 12.7. The number of rotatable bonds is 4. The second-order valence-corrected chi connectivity index (χ2v) is 5.76. The van der Waals surface area contributed by atoms with Gasteiger partial charge >= 0.3 is 6.18 Å². The predicted octanol–water partition coefficient (Wildman–Crippen LogP) is 2.24. The molecule has 1 saturated heterocycles. The van der Waals surface area contributed by atoms with Crippen LogP contribution in [0.25, 0.3) is 5.69 Å². The molecule has 0 spiro atoms. The van der Waals surface area contributed by atoms with Crippen molar-refractivity contribution in [2.24, 2.45) is 0 Å². The van der Waals surface area contributed by atoms with Gasteiger partial charge in [0.15, 0.2) is 5.82 Å². The zero-order chi connectivity index (χ0) is 17.2. The van der Waals surface area contributed by atoms with E-state index in [0.717, 1.165) is 44.9 Å². The lowest BCUT2D eigenvalue weighted by Gasteiger charge is -2.33. The van der Waals surface area contributed by atoms with Crippen molar-refractivity contribution in [1.29, 1.82) is 0 Å². The lowest BCUT2D eigenvalue weighted by atomic mass is 10.2. The maximum absolute atomic E-state index is 12.7. The Labute approximate surface area is 150 Å². The molecule has 1 fully saturated rings. The topological polar surface area (TPSA) is 50.1 Å². The highest BCUT2D eigenvalue weighted by Gasteiger charge is 2.30. The van der Waals surface area contributed by atoms with Crippen molar-refractivity contribution in [3.05, 3.63) is 35.7 Å². The lowest BCUT2D eigenvalue weighted by Crippen LogP contribution is -2.45. The predicted molar refractivity (Wildman–Crippen MR) is 88.8 cm³/mol. The minimum absolute atomic E-state index is 0. The average Bonchev–Trinajstić information content (AvgIpc) is 3.03. The summed E-state index contributed by atoms with van der Waals surface area (Å²) in [5, 5.41) is 11.6. The number of halogens is 4. The SMILES string of the molecule is CCN1CCN(Cc2nnnn2-c2ccc(C(F)(F)F)cc2)CC1.Cl. The Kier molecular flexibility index (Phi) is 6.36. The van der Waals surface area contributed by atoms with Gasteiger partial charge in [-0.3, -0.25) is 4.90 Å². The van der Waals surface area contributed by atoms with Crippen molar-refractivity contribution < 1.29 is 13.2 Å². The number of piperazine rings is 1. The largest absolute Gasteiger partial charge is 0.416 e. The van der Waals surface area contributed by atoms with Crippen LogP contribution in [0.4, 0.5) is 13.2 Å². The van der Waals surface area contributed by atoms with Crippen LogP contribution >= 0.6 is 12.4 Å². The van der Waals surface area contributed by atoms with Crippen molar-refractivity contribution in [1.82, 2.24) is 30.0 Å². The number of aromatic nitrogens is 4. The number of benzene rings is 1. The van der Waals surface area contributed by atoms with Crippen molar-refractivity contribution >= 4 is 12.4 Å². The molecule has 138 valence electrons. The van der Waals surface area contributed by atoms with Crippen molar-refractivity contribution in [3.8, 4) is 5.69 Å². The molecular formula is C15H20ClF3N6. The lowest BCUT2D eigenvalue weighted by molar-refractivity contribution is -0.137. The average molecular weight is 377 g/mol. The van der Waals surface area contributed by atoms with Crippen molar-refractivity contribution in [2.45, 2.75) is 19.6 Å². The van der Waals surface area contributed by atoms with Crippen LogP contribution in [0.5, 0.6) is 0 Å². The molecule has 2 aromatic rings. The van der Waals surface area contributed by atoms with Gasteiger partial charge in [-0.25, -0.2) is 0 Å². The summed E-state index contributed by atoms with van der Waals surface area (Å²) in [5.41, 5.74) is -0.160. The quantitative estimate of drug-likeness (QED) is 0.819. The third kappa shape index (κ3) is 4.68. The molecule has 1 aromatic heterocycles. The van der Waals surface area contributed by atoms with E-state index in [0.29, 0.717) is 18.1 Å².